The van der Waals surface area contributed by atoms with Crippen molar-refractivity contribution >= 4 is 0 Å². The van der Waals surface area contributed by atoms with E-state index in [9.17, 15) is 5.11 Å². The van der Waals surface area contributed by atoms with Crippen LogP contribution in [0.5, 0.6) is 0 Å². The number of hydrogen-bond donors (Lipinski definition) is 2. The maximum atomic E-state index is 9.83. The first kappa shape index (κ1) is 11.1. The van der Waals surface area contributed by atoms with Gasteiger partial charge in [-0.05, 0) is 0 Å². The third kappa shape index (κ3) is 1.86. The van der Waals surface area contributed by atoms with E-state index in [1.54, 1.807) is 0 Å². The van der Waals surface area contributed by atoms with E-state index in [4.69, 9.17) is 19.3 Å². The van der Waals surface area contributed by atoms with Crippen LogP contribution >= 0.6 is 0 Å². The smallest absolute Gasteiger partial charge is 0.190 e. The molecule has 1 aromatic carbocycles. The summed E-state index contributed by atoms with van der Waals surface area (Å²) in [7, 11) is 0. The molecule has 5 atom stereocenters. The van der Waals surface area contributed by atoms with E-state index in [1.807, 2.05) is 30.3 Å². The van der Waals surface area contributed by atoms with E-state index in [0.29, 0.717) is 0 Å². The maximum Gasteiger partial charge on any atom is 0.190 e. The molecule has 5 heteroatoms. The Morgan fingerprint density at radius 3 is 2.47 bits per heavy atom. The van der Waals surface area contributed by atoms with Crippen molar-refractivity contribution in [1.82, 2.24) is 0 Å². The first-order valence-corrected chi connectivity index (χ1v) is 5.60. The summed E-state index contributed by atoms with van der Waals surface area (Å²) in [6, 6.07) is 9.48. The second-order valence-electron chi connectivity index (χ2n) is 4.20. The van der Waals surface area contributed by atoms with Crippen LogP contribution in [0.4, 0.5) is 0 Å². The zero-order valence-electron chi connectivity index (χ0n) is 9.10. The van der Waals surface area contributed by atoms with Gasteiger partial charge in [-0.1, -0.05) is 30.3 Å². The Kier molecular flexibility index (Phi) is 2.85. The molecule has 2 aliphatic heterocycles. The second-order valence-corrected chi connectivity index (χ2v) is 4.20. The fraction of sp³-hybridized carbons (Fsp3) is 0.500. The molecule has 0 saturated carbocycles. The first-order valence-electron chi connectivity index (χ1n) is 5.60. The summed E-state index contributed by atoms with van der Waals surface area (Å²) in [5.41, 5.74) is 0.887. The number of aliphatic hydroxyl groups excluding tert-OH is 2. The van der Waals surface area contributed by atoms with Crippen LogP contribution in [-0.2, 0) is 14.2 Å². The maximum absolute atomic E-state index is 9.83. The largest absolute Gasteiger partial charge is 0.394 e. The molecule has 0 bridgehead atoms. The molecule has 0 aliphatic carbocycles. The minimum absolute atomic E-state index is 0.239. The van der Waals surface area contributed by atoms with E-state index in [0.717, 1.165) is 5.56 Å². The predicted octanol–water partition coefficient (Wildman–Crippen LogP) is 0.179. The van der Waals surface area contributed by atoms with Crippen LogP contribution in [0.25, 0.3) is 0 Å². The van der Waals surface area contributed by atoms with Gasteiger partial charge in [0.2, 0.25) is 0 Å². The number of rotatable bonds is 2. The predicted molar refractivity (Wildman–Crippen MR) is 56.9 cm³/mol. The zero-order chi connectivity index (χ0) is 11.8. The van der Waals surface area contributed by atoms with Crippen LogP contribution in [-0.4, -0.2) is 41.4 Å². The minimum Gasteiger partial charge on any atom is -0.394 e. The molecule has 92 valence electrons. The first-order chi connectivity index (χ1) is 8.29. The lowest BCUT2D eigenvalue weighted by molar-refractivity contribution is -0.176. The van der Waals surface area contributed by atoms with Crippen LogP contribution in [0.1, 0.15) is 11.9 Å². The summed E-state index contributed by atoms with van der Waals surface area (Å²) in [4.78, 5) is 0. The van der Waals surface area contributed by atoms with Crippen molar-refractivity contribution < 1.29 is 24.4 Å². The Balaban J connectivity index is 1.73. The Bertz CT molecular complexity index is 382. The van der Waals surface area contributed by atoms with Crippen molar-refractivity contribution in [3.63, 3.8) is 0 Å². The molecule has 2 fully saturated rings. The van der Waals surface area contributed by atoms with Gasteiger partial charge in [-0.25, -0.2) is 0 Å². The van der Waals surface area contributed by atoms with Crippen LogP contribution in [0.2, 0.25) is 0 Å². The van der Waals surface area contributed by atoms with Crippen molar-refractivity contribution in [2.45, 2.75) is 30.9 Å². The van der Waals surface area contributed by atoms with E-state index in [1.165, 1.54) is 0 Å². The van der Waals surface area contributed by atoms with Crippen molar-refractivity contribution in [2.75, 3.05) is 6.61 Å². The van der Waals surface area contributed by atoms with E-state index >= 15 is 0 Å². The van der Waals surface area contributed by atoms with Gasteiger partial charge >= 0.3 is 0 Å². The monoisotopic (exact) mass is 238 g/mol. The molecular formula is C12H14O5. The van der Waals surface area contributed by atoms with Crippen LogP contribution < -0.4 is 0 Å². The van der Waals surface area contributed by atoms with Crippen molar-refractivity contribution in [3.8, 4) is 0 Å². The number of hydrogen-bond acceptors (Lipinski definition) is 5. The molecule has 0 aromatic heterocycles. The Labute approximate surface area is 98.5 Å². The van der Waals surface area contributed by atoms with Gasteiger partial charge in [0.05, 0.1) is 6.61 Å². The van der Waals surface area contributed by atoms with Gasteiger partial charge in [-0.2, -0.15) is 0 Å². The highest BCUT2D eigenvalue weighted by atomic mass is 16.8. The molecule has 5 nitrogen and oxygen atoms in total. The van der Waals surface area contributed by atoms with Gasteiger partial charge < -0.3 is 24.4 Å². The second kappa shape index (κ2) is 4.36. The molecule has 0 spiro atoms. The molecule has 1 aromatic rings. The highest BCUT2D eigenvalue weighted by Gasteiger charge is 2.51. The van der Waals surface area contributed by atoms with Crippen LogP contribution in [0, 0.1) is 0 Å². The number of benzene rings is 1. The number of fused-ring (bicyclic) bond motifs is 1. The lowest BCUT2D eigenvalue weighted by Crippen LogP contribution is -2.33. The summed E-state index contributed by atoms with van der Waals surface area (Å²) in [5.74, 6) is 0. The average molecular weight is 238 g/mol. The van der Waals surface area contributed by atoms with Gasteiger partial charge in [-0.3, -0.25) is 0 Å². The molecular weight excluding hydrogens is 224 g/mol. The Hall–Kier alpha value is -0.980. The van der Waals surface area contributed by atoms with Crippen molar-refractivity contribution in [2.24, 2.45) is 0 Å². The topological polar surface area (TPSA) is 68.2 Å². The molecule has 2 heterocycles. The minimum atomic E-state index is -0.848. The molecule has 2 saturated heterocycles. The van der Waals surface area contributed by atoms with E-state index in [2.05, 4.69) is 0 Å². The highest BCUT2D eigenvalue weighted by Crippen LogP contribution is 2.38. The standard InChI is InChI=1S/C12H14O5/c13-6-8-9(14)10-12(15-8)17-11(16-10)7-4-2-1-3-5-7/h1-5,8-14H,6H2/t8-,9-,10-,11?,12-/m1/s1. The molecule has 3 rings (SSSR count). The molecule has 0 radical (unpaired) electrons. The van der Waals surface area contributed by atoms with Crippen molar-refractivity contribution in [1.29, 1.82) is 0 Å². The summed E-state index contributed by atoms with van der Waals surface area (Å²) >= 11 is 0. The van der Waals surface area contributed by atoms with E-state index < -0.39 is 30.9 Å². The van der Waals surface area contributed by atoms with Crippen LogP contribution in [0.3, 0.4) is 0 Å². The van der Waals surface area contributed by atoms with Crippen LogP contribution in [0.15, 0.2) is 30.3 Å². The summed E-state index contributed by atoms with van der Waals surface area (Å²) < 4.78 is 16.5. The third-order valence-electron chi connectivity index (χ3n) is 3.08. The quantitative estimate of drug-likeness (QED) is 0.769. The van der Waals surface area contributed by atoms with Gasteiger partial charge in [-0.15, -0.1) is 0 Å². The van der Waals surface area contributed by atoms with Gasteiger partial charge in [0.1, 0.15) is 18.3 Å². The molecule has 2 aliphatic rings. The fourth-order valence-electron chi connectivity index (χ4n) is 2.17. The van der Waals surface area contributed by atoms with Gasteiger partial charge in [0.25, 0.3) is 0 Å². The summed E-state index contributed by atoms with van der Waals surface area (Å²) in [6.45, 7) is -0.239. The summed E-state index contributed by atoms with van der Waals surface area (Å²) in [6.07, 6.45) is -3.12. The molecule has 2 N–H and O–H groups in total. The Morgan fingerprint density at radius 2 is 1.82 bits per heavy atom. The normalized spacial score (nSPS) is 40.5. The van der Waals surface area contributed by atoms with Gasteiger partial charge in [0, 0.05) is 5.56 Å². The molecule has 1 unspecified atom stereocenters. The molecule has 0 amide bonds. The third-order valence-corrected chi connectivity index (χ3v) is 3.08. The lowest BCUT2D eigenvalue weighted by Gasteiger charge is -2.17. The SMILES string of the molecule is OC[C@H]1O[C@@H]2OC(c3ccccc3)O[C@@H]2[C@@H]1O. The van der Waals surface area contributed by atoms with E-state index in [-0.39, 0.29) is 6.61 Å². The number of ether oxygens (including phenoxy) is 3. The average Bonchev–Trinajstić information content (AvgIpc) is 2.90. The highest BCUT2D eigenvalue weighted by molar-refractivity contribution is 5.17. The Morgan fingerprint density at radius 1 is 1.06 bits per heavy atom. The summed E-state index contributed by atoms with van der Waals surface area (Å²) in [5, 5.41) is 18.8. The lowest BCUT2D eigenvalue weighted by atomic mass is 10.1. The fourth-order valence-corrected chi connectivity index (χ4v) is 2.17. The van der Waals surface area contributed by atoms with Crippen molar-refractivity contribution in [3.05, 3.63) is 35.9 Å². The molecule has 17 heavy (non-hydrogen) atoms. The van der Waals surface area contributed by atoms with Gasteiger partial charge in [0.15, 0.2) is 12.6 Å². The zero-order valence-corrected chi connectivity index (χ0v) is 9.10. The number of aliphatic hydroxyl groups is 2.